The minimum atomic E-state index is -0.284. The number of aryl methyl sites for hydroxylation is 1. The van der Waals surface area contributed by atoms with Crippen LogP contribution in [0.4, 0.5) is 0 Å². The number of nitrogens with one attached hydrogen (secondary N) is 1. The summed E-state index contributed by atoms with van der Waals surface area (Å²) in [6, 6.07) is 10.9. The van der Waals surface area contributed by atoms with Gasteiger partial charge >= 0.3 is 0 Å². The Bertz CT molecular complexity index is 707. The molecule has 0 aliphatic carbocycles. The van der Waals surface area contributed by atoms with Gasteiger partial charge in [-0.05, 0) is 36.8 Å². The molecule has 6 heteroatoms. The monoisotopic (exact) mass is 345 g/mol. The molecule has 0 aromatic heterocycles. The molecule has 1 N–H and O–H groups in total. The molecular formula is C19H23NO5. The summed E-state index contributed by atoms with van der Waals surface area (Å²) in [6.07, 6.45) is 0. The first-order chi connectivity index (χ1) is 12.1. The van der Waals surface area contributed by atoms with Gasteiger partial charge in [0.25, 0.3) is 5.91 Å². The summed E-state index contributed by atoms with van der Waals surface area (Å²) in [4.78, 5) is 12.4. The van der Waals surface area contributed by atoms with Crippen LogP contribution in [0.5, 0.6) is 23.0 Å². The quantitative estimate of drug-likeness (QED) is 0.745. The SMILES string of the molecule is COc1cc(C)ccc1OCCNC(=O)c1c(OC)cccc1OC. The minimum absolute atomic E-state index is 0.284. The zero-order valence-electron chi connectivity index (χ0n) is 14.9. The van der Waals surface area contributed by atoms with Gasteiger partial charge in [0.1, 0.15) is 23.7 Å². The first-order valence-electron chi connectivity index (χ1n) is 7.87. The standard InChI is InChI=1S/C19H23NO5/c1-13-8-9-14(17(12-13)24-4)25-11-10-20-19(21)18-15(22-2)6-5-7-16(18)23-3/h5-9,12H,10-11H2,1-4H3,(H,20,21). The Hall–Kier alpha value is -2.89. The highest BCUT2D eigenvalue weighted by molar-refractivity contribution is 5.99. The fourth-order valence-electron chi connectivity index (χ4n) is 2.38. The summed E-state index contributed by atoms with van der Waals surface area (Å²) >= 11 is 0. The normalized spacial score (nSPS) is 10.1. The van der Waals surface area contributed by atoms with E-state index >= 15 is 0 Å². The maximum Gasteiger partial charge on any atom is 0.258 e. The molecule has 0 aliphatic rings. The maximum atomic E-state index is 12.4. The summed E-state index contributed by atoms with van der Waals surface area (Å²) in [5.41, 5.74) is 1.45. The van der Waals surface area contributed by atoms with Crippen molar-refractivity contribution in [1.29, 1.82) is 0 Å². The second-order valence-corrected chi connectivity index (χ2v) is 5.30. The fourth-order valence-corrected chi connectivity index (χ4v) is 2.38. The number of ether oxygens (including phenoxy) is 4. The van der Waals surface area contributed by atoms with Crippen LogP contribution in [0, 0.1) is 6.92 Å². The molecule has 0 radical (unpaired) electrons. The maximum absolute atomic E-state index is 12.4. The van der Waals surface area contributed by atoms with E-state index in [1.165, 1.54) is 14.2 Å². The van der Waals surface area contributed by atoms with Crippen LogP contribution in [-0.4, -0.2) is 40.4 Å². The van der Waals surface area contributed by atoms with Gasteiger partial charge in [0.2, 0.25) is 0 Å². The molecule has 0 bridgehead atoms. The van der Waals surface area contributed by atoms with E-state index in [1.807, 2.05) is 25.1 Å². The summed E-state index contributed by atoms with van der Waals surface area (Å²) in [5.74, 6) is 1.93. The van der Waals surface area contributed by atoms with Crippen molar-refractivity contribution in [2.24, 2.45) is 0 Å². The van der Waals surface area contributed by atoms with Crippen molar-refractivity contribution in [2.75, 3.05) is 34.5 Å². The van der Waals surface area contributed by atoms with E-state index < -0.39 is 0 Å². The van der Waals surface area contributed by atoms with Gasteiger partial charge < -0.3 is 24.3 Å². The molecule has 0 saturated carbocycles. The third kappa shape index (κ3) is 4.56. The number of rotatable bonds is 8. The molecule has 0 unspecified atom stereocenters. The van der Waals surface area contributed by atoms with E-state index in [1.54, 1.807) is 25.3 Å². The molecule has 0 aliphatic heterocycles. The Morgan fingerprint density at radius 2 is 1.56 bits per heavy atom. The molecule has 0 saturated heterocycles. The van der Waals surface area contributed by atoms with Crippen molar-refractivity contribution >= 4 is 5.91 Å². The molecule has 134 valence electrons. The number of benzene rings is 2. The lowest BCUT2D eigenvalue weighted by atomic mass is 10.1. The van der Waals surface area contributed by atoms with Crippen molar-refractivity contribution in [3.63, 3.8) is 0 Å². The van der Waals surface area contributed by atoms with Crippen molar-refractivity contribution in [2.45, 2.75) is 6.92 Å². The lowest BCUT2D eigenvalue weighted by Crippen LogP contribution is -2.28. The Kier molecular flexibility index (Phi) is 6.51. The third-order valence-electron chi connectivity index (χ3n) is 3.62. The van der Waals surface area contributed by atoms with Crippen molar-refractivity contribution < 1.29 is 23.7 Å². The molecule has 6 nitrogen and oxygen atoms in total. The lowest BCUT2D eigenvalue weighted by Gasteiger charge is -2.14. The van der Waals surface area contributed by atoms with Crippen LogP contribution in [0.3, 0.4) is 0 Å². The Morgan fingerprint density at radius 3 is 2.16 bits per heavy atom. The summed E-state index contributed by atoms with van der Waals surface area (Å²) in [7, 11) is 4.62. The predicted molar refractivity (Wildman–Crippen MR) is 95.1 cm³/mol. The highest BCUT2D eigenvalue weighted by Crippen LogP contribution is 2.28. The van der Waals surface area contributed by atoms with E-state index in [0.717, 1.165) is 5.56 Å². The van der Waals surface area contributed by atoms with E-state index in [0.29, 0.717) is 41.7 Å². The zero-order valence-corrected chi connectivity index (χ0v) is 14.9. The molecule has 25 heavy (non-hydrogen) atoms. The van der Waals surface area contributed by atoms with Gasteiger partial charge in [-0.15, -0.1) is 0 Å². The number of methoxy groups -OCH3 is 3. The Labute approximate surface area is 147 Å². The zero-order chi connectivity index (χ0) is 18.2. The van der Waals surface area contributed by atoms with Crippen molar-refractivity contribution in [1.82, 2.24) is 5.32 Å². The molecule has 0 atom stereocenters. The van der Waals surface area contributed by atoms with Gasteiger partial charge in [-0.25, -0.2) is 0 Å². The van der Waals surface area contributed by atoms with Crippen LogP contribution >= 0.6 is 0 Å². The number of amides is 1. The second kappa shape index (κ2) is 8.82. The van der Waals surface area contributed by atoms with Gasteiger partial charge in [-0.3, -0.25) is 4.79 Å². The van der Waals surface area contributed by atoms with Gasteiger partial charge in [0.15, 0.2) is 11.5 Å². The van der Waals surface area contributed by atoms with Crippen LogP contribution in [0.2, 0.25) is 0 Å². The summed E-state index contributed by atoms with van der Waals surface area (Å²) in [6.45, 7) is 2.62. The van der Waals surface area contributed by atoms with Gasteiger partial charge in [-0.2, -0.15) is 0 Å². The molecule has 0 heterocycles. The molecule has 2 aromatic carbocycles. The average Bonchev–Trinajstić information content (AvgIpc) is 2.64. The van der Waals surface area contributed by atoms with Crippen LogP contribution in [0.15, 0.2) is 36.4 Å². The number of carbonyl (C=O) groups is 1. The van der Waals surface area contributed by atoms with Crippen molar-refractivity contribution in [3.8, 4) is 23.0 Å². The smallest absolute Gasteiger partial charge is 0.258 e. The van der Waals surface area contributed by atoms with Gasteiger partial charge in [0, 0.05) is 0 Å². The average molecular weight is 345 g/mol. The first kappa shape index (κ1) is 18.4. The number of hydrogen-bond donors (Lipinski definition) is 1. The third-order valence-corrected chi connectivity index (χ3v) is 3.62. The topological polar surface area (TPSA) is 66.0 Å². The van der Waals surface area contributed by atoms with E-state index in [9.17, 15) is 4.79 Å². The highest BCUT2D eigenvalue weighted by atomic mass is 16.5. The van der Waals surface area contributed by atoms with Crippen LogP contribution in [0.1, 0.15) is 15.9 Å². The minimum Gasteiger partial charge on any atom is -0.496 e. The highest BCUT2D eigenvalue weighted by Gasteiger charge is 2.17. The van der Waals surface area contributed by atoms with Gasteiger partial charge in [-0.1, -0.05) is 12.1 Å². The molecular weight excluding hydrogens is 322 g/mol. The number of carbonyl (C=O) groups excluding carboxylic acids is 1. The predicted octanol–water partition coefficient (Wildman–Crippen LogP) is 2.83. The molecule has 0 spiro atoms. The van der Waals surface area contributed by atoms with Crippen LogP contribution in [0.25, 0.3) is 0 Å². The summed E-state index contributed by atoms with van der Waals surface area (Å²) < 4.78 is 21.4. The largest absolute Gasteiger partial charge is 0.496 e. The Morgan fingerprint density at radius 1 is 0.920 bits per heavy atom. The van der Waals surface area contributed by atoms with Gasteiger partial charge in [0.05, 0.1) is 27.9 Å². The first-order valence-corrected chi connectivity index (χ1v) is 7.87. The Balaban J connectivity index is 1.96. The molecule has 2 aromatic rings. The second-order valence-electron chi connectivity index (χ2n) is 5.30. The fraction of sp³-hybridized carbons (Fsp3) is 0.316. The summed E-state index contributed by atoms with van der Waals surface area (Å²) in [5, 5.41) is 2.80. The van der Waals surface area contributed by atoms with Crippen LogP contribution in [-0.2, 0) is 0 Å². The van der Waals surface area contributed by atoms with Crippen LogP contribution < -0.4 is 24.3 Å². The molecule has 0 fully saturated rings. The van der Waals surface area contributed by atoms with E-state index in [2.05, 4.69) is 5.32 Å². The molecule has 2 rings (SSSR count). The lowest BCUT2D eigenvalue weighted by molar-refractivity contribution is 0.0940. The molecule has 1 amide bonds. The number of hydrogen-bond acceptors (Lipinski definition) is 5. The van der Waals surface area contributed by atoms with E-state index in [4.69, 9.17) is 18.9 Å². The van der Waals surface area contributed by atoms with E-state index in [-0.39, 0.29) is 5.91 Å². The van der Waals surface area contributed by atoms with Crippen molar-refractivity contribution in [3.05, 3.63) is 47.5 Å².